The van der Waals surface area contributed by atoms with E-state index in [1.54, 1.807) is 12.1 Å². The molecule has 72 heavy (non-hydrogen) atoms. The molecule has 3 heterocycles. The molecular formula is C57H26B10N4O. The van der Waals surface area contributed by atoms with Gasteiger partial charge in [-0.1, -0.05) is 177 Å². The minimum atomic E-state index is 0.0868. The lowest BCUT2D eigenvalue weighted by Gasteiger charge is -2.23. The number of aromatic nitrogens is 4. The van der Waals surface area contributed by atoms with Crippen molar-refractivity contribution in [3.05, 3.63) is 158 Å². The summed E-state index contributed by atoms with van der Waals surface area (Å²) >= 11 is 0. The van der Waals surface area contributed by atoms with Gasteiger partial charge in [-0.25, -0.2) is 15.0 Å². The van der Waals surface area contributed by atoms with Gasteiger partial charge in [0.15, 0.2) is 17.5 Å². The number of nitrogens with zero attached hydrogens (tertiary/aromatic N) is 4. The van der Waals surface area contributed by atoms with Crippen LogP contribution in [0.2, 0.25) is 0 Å². The van der Waals surface area contributed by atoms with E-state index in [-0.39, 0.29) is 49.2 Å². The topological polar surface area (TPSA) is 56.7 Å². The van der Waals surface area contributed by atoms with Crippen molar-refractivity contribution in [3.63, 3.8) is 0 Å². The van der Waals surface area contributed by atoms with E-state index in [2.05, 4.69) is 24.3 Å². The number of rotatable bonds is 7. The van der Waals surface area contributed by atoms with Crippen molar-refractivity contribution >= 4 is 177 Å². The molecule has 0 aliphatic carbocycles. The van der Waals surface area contributed by atoms with Crippen molar-refractivity contribution in [3.8, 4) is 73.2 Å². The van der Waals surface area contributed by atoms with E-state index in [4.69, 9.17) is 97.8 Å². The minimum absolute atomic E-state index is 0.0868. The van der Waals surface area contributed by atoms with Crippen molar-refractivity contribution < 1.29 is 4.42 Å². The van der Waals surface area contributed by atoms with Crippen molar-refractivity contribution in [2.45, 2.75) is 0 Å². The molecule has 15 heteroatoms. The van der Waals surface area contributed by atoms with Crippen LogP contribution in [0.15, 0.2) is 162 Å². The first kappa shape index (κ1) is 45.4. The van der Waals surface area contributed by atoms with Gasteiger partial charge in [-0.2, -0.15) is 0 Å². The highest BCUT2D eigenvalue weighted by Gasteiger charge is 2.27. The van der Waals surface area contributed by atoms with Gasteiger partial charge in [-0.3, -0.25) is 0 Å². The Morgan fingerprint density at radius 1 is 0.347 bits per heavy atom. The number of benzene rings is 9. The maximum atomic E-state index is 7.27. The van der Waals surface area contributed by atoms with Crippen LogP contribution < -0.4 is 54.6 Å². The molecule has 0 bridgehead atoms. The predicted molar refractivity (Wildman–Crippen MR) is 308 cm³/mol. The molecule has 0 atom stereocenters. The van der Waals surface area contributed by atoms with E-state index in [0.29, 0.717) is 72.7 Å². The zero-order valence-electron chi connectivity index (χ0n) is 38.5. The lowest BCUT2D eigenvalue weighted by molar-refractivity contribution is 0.669. The molecule has 0 aliphatic rings. The van der Waals surface area contributed by atoms with Crippen molar-refractivity contribution in [2.24, 2.45) is 0 Å². The van der Waals surface area contributed by atoms with Gasteiger partial charge in [0.2, 0.25) is 0 Å². The predicted octanol–water partition coefficient (Wildman–Crippen LogP) is 2.81. The Hall–Kier alpha value is -7.76. The van der Waals surface area contributed by atoms with Crippen LogP contribution >= 0.6 is 0 Å². The molecule has 9 aromatic carbocycles. The summed E-state index contributed by atoms with van der Waals surface area (Å²) in [5.41, 5.74) is 11.3. The third kappa shape index (κ3) is 7.19. The van der Waals surface area contributed by atoms with E-state index in [0.717, 1.165) is 49.7 Å². The normalized spacial score (nSPS) is 11.6. The summed E-state index contributed by atoms with van der Waals surface area (Å²) < 4.78 is 8.47. The molecule has 12 rings (SSSR count). The van der Waals surface area contributed by atoms with Crippen LogP contribution in [0.4, 0.5) is 0 Å². The van der Waals surface area contributed by atoms with E-state index in [9.17, 15) is 0 Å². The summed E-state index contributed by atoms with van der Waals surface area (Å²) in [6.45, 7) is 0. The monoisotopic (exact) mass is 892 g/mol. The molecule has 0 unspecified atom stereocenters. The number of hydrogen-bond donors (Lipinski definition) is 0. The minimum Gasteiger partial charge on any atom is -0.456 e. The molecule has 20 radical (unpaired) electrons. The van der Waals surface area contributed by atoms with Crippen molar-refractivity contribution in [1.82, 2.24) is 19.5 Å². The average molecular weight is 891 g/mol. The molecular weight excluding hydrogens is 865 g/mol. The summed E-state index contributed by atoms with van der Waals surface area (Å²) in [4.78, 5) is 15.1. The van der Waals surface area contributed by atoms with Crippen LogP contribution in [-0.4, -0.2) is 98.0 Å². The highest BCUT2D eigenvalue weighted by atomic mass is 16.3. The quantitative estimate of drug-likeness (QED) is 0.232. The Labute approximate surface area is 429 Å². The van der Waals surface area contributed by atoms with Crippen LogP contribution in [0.3, 0.4) is 0 Å². The number of hydrogen-bond acceptors (Lipinski definition) is 4. The highest BCUT2D eigenvalue weighted by Crippen LogP contribution is 2.41. The second-order valence-electron chi connectivity index (χ2n) is 17.8. The van der Waals surface area contributed by atoms with E-state index in [1.165, 1.54) is 0 Å². The Bertz CT molecular complexity index is 4140. The van der Waals surface area contributed by atoms with Gasteiger partial charge in [-0.15, -0.1) is 10.9 Å². The Balaban J connectivity index is 1.13. The molecule has 310 valence electrons. The number of furan rings is 1. The van der Waals surface area contributed by atoms with Crippen LogP contribution in [0.25, 0.3) is 117 Å². The van der Waals surface area contributed by atoms with Crippen molar-refractivity contribution in [1.29, 1.82) is 0 Å². The molecule has 5 nitrogen and oxygen atoms in total. The molecule has 12 aromatic rings. The van der Waals surface area contributed by atoms with E-state index >= 15 is 0 Å². The van der Waals surface area contributed by atoms with Gasteiger partial charge in [0.05, 0.1) is 5.69 Å². The van der Waals surface area contributed by atoms with Gasteiger partial charge < -0.3 is 8.98 Å². The highest BCUT2D eigenvalue weighted by molar-refractivity contribution is 6.70. The summed E-state index contributed by atoms with van der Waals surface area (Å²) in [5, 5.41) is 2.53. The molecule has 0 spiro atoms. The third-order valence-corrected chi connectivity index (χ3v) is 13.5. The zero-order chi connectivity index (χ0) is 49.7. The van der Waals surface area contributed by atoms with Gasteiger partial charge in [-0.05, 0) is 57.5 Å². The molecule has 0 N–H and O–H groups in total. The van der Waals surface area contributed by atoms with Crippen LogP contribution in [0, 0.1) is 0 Å². The van der Waals surface area contributed by atoms with E-state index in [1.807, 2.05) is 126 Å². The standard InChI is InChI=1S/C57H26B10N4O/c58-32-25-36(59)42(37(60)26-32)43-46(61)44-45-48(63)49(64)50(65)52(67)54(45)71(53(44)51(66)47(43)62)38-24-31(19-21-33(38)27-11-4-1-5-12-27)30-20-22-39-35(23-30)41-34(17-10-18-40(41)72-39)57-69-55(28-13-6-2-7-14-28)68-56(70-57)29-15-8-3-9-16-29/h1-26H. The van der Waals surface area contributed by atoms with Crippen LogP contribution in [-0.2, 0) is 0 Å². The smallest absolute Gasteiger partial charge is 0.164 e. The van der Waals surface area contributed by atoms with Crippen molar-refractivity contribution in [2.75, 3.05) is 0 Å². The zero-order valence-corrected chi connectivity index (χ0v) is 38.5. The van der Waals surface area contributed by atoms with Crippen LogP contribution in [0.1, 0.15) is 0 Å². The first-order valence-electron chi connectivity index (χ1n) is 22.9. The average Bonchev–Trinajstić information content (AvgIpc) is 3.97. The summed E-state index contributed by atoms with van der Waals surface area (Å²) in [6.07, 6.45) is 0. The molecule has 3 aromatic heterocycles. The SMILES string of the molecule is [B]c1cc([B])c(-c2c([B])c([B])c3c(c2[B])c2c([B])c([B])c([B])c([B])c2n3-c2cc(-c3ccc4oc5cccc(-c6nc(-c7ccccc7)nc(-c7ccccc7)n6)c5c4c3)ccc2-c2ccccc2)c([B])c1. The van der Waals surface area contributed by atoms with Gasteiger partial charge in [0.25, 0.3) is 0 Å². The Morgan fingerprint density at radius 2 is 0.875 bits per heavy atom. The van der Waals surface area contributed by atoms with Gasteiger partial charge in [0.1, 0.15) is 89.6 Å². The Kier molecular flexibility index (Phi) is 11.0. The maximum Gasteiger partial charge on any atom is 0.164 e. The van der Waals surface area contributed by atoms with Crippen LogP contribution in [0.5, 0.6) is 0 Å². The fourth-order valence-corrected chi connectivity index (χ4v) is 10.1. The third-order valence-electron chi connectivity index (χ3n) is 13.5. The lowest BCUT2D eigenvalue weighted by Crippen LogP contribution is -2.48. The number of fused-ring (bicyclic) bond motifs is 6. The second-order valence-corrected chi connectivity index (χ2v) is 17.8. The van der Waals surface area contributed by atoms with E-state index < -0.39 is 0 Å². The fraction of sp³-hybridized carbons (Fsp3) is 0. The Morgan fingerprint density at radius 3 is 1.50 bits per heavy atom. The van der Waals surface area contributed by atoms with Gasteiger partial charge in [0, 0.05) is 49.4 Å². The van der Waals surface area contributed by atoms with Gasteiger partial charge >= 0.3 is 0 Å². The summed E-state index contributed by atoms with van der Waals surface area (Å²) in [6, 6.07) is 51.0. The fourth-order valence-electron chi connectivity index (χ4n) is 10.1. The first-order valence-corrected chi connectivity index (χ1v) is 22.9. The first-order chi connectivity index (χ1) is 34.9. The lowest BCUT2D eigenvalue weighted by atomic mass is 9.63. The molecule has 0 saturated heterocycles. The largest absolute Gasteiger partial charge is 0.456 e. The maximum absolute atomic E-state index is 7.27. The molecule has 0 fully saturated rings. The second kappa shape index (κ2) is 17.5. The molecule has 0 amide bonds. The summed E-state index contributed by atoms with van der Waals surface area (Å²) in [5.74, 6) is 1.60. The molecule has 0 aliphatic heterocycles. The molecule has 0 saturated carbocycles. The summed E-state index contributed by atoms with van der Waals surface area (Å²) in [7, 11) is 68.2.